The fourth-order valence-electron chi connectivity index (χ4n) is 4.05. The Kier molecular flexibility index (Phi) is 6.71. The van der Waals surface area contributed by atoms with E-state index in [1.165, 1.54) is 30.6 Å². The molecule has 7 nitrogen and oxygen atoms in total. The molecule has 1 fully saturated rings. The number of rotatable bonds is 5. The van der Waals surface area contributed by atoms with Crippen molar-refractivity contribution >= 4 is 11.9 Å². The number of piperidine rings is 1. The number of hydrogen-bond acceptors (Lipinski definition) is 6. The predicted molar refractivity (Wildman–Crippen MR) is 116 cm³/mol. The summed E-state index contributed by atoms with van der Waals surface area (Å²) < 4.78 is 52.3. The molecule has 4 rings (SSSR count). The second kappa shape index (κ2) is 9.70. The molecule has 178 valence electrons. The number of aromatic nitrogens is 4. The number of alkyl halides is 3. The van der Waals surface area contributed by atoms with Crippen LogP contribution in [0.15, 0.2) is 49.1 Å². The van der Waals surface area contributed by atoms with Gasteiger partial charge >= 0.3 is 6.18 Å². The van der Waals surface area contributed by atoms with Gasteiger partial charge in [0.15, 0.2) is 5.82 Å². The van der Waals surface area contributed by atoms with Crippen molar-refractivity contribution in [3.05, 3.63) is 66.0 Å². The van der Waals surface area contributed by atoms with E-state index >= 15 is 0 Å². The molecule has 0 spiro atoms. The highest BCUT2D eigenvalue weighted by Gasteiger charge is 2.34. The summed E-state index contributed by atoms with van der Waals surface area (Å²) in [6.07, 6.45) is 1.61. The molecule has 3 aromatic rings. The summed E-state index contributed by atoms with van der Waals surface area (Å²) in [6.45, 7) is 2.73. The maximum Gasteiger partial charge on any atom is 0.419 e. The van der Waals surface area contributed by atoms with Crippen molar-refractivity contribution in [2.24, 2.45) is 5.92 Å². The Morgan fingerprint density at radius 3 is 2.53 bits per heavy atom. The number of benzene rings is 1. The highest BCUT2D eigenvalue weighted by atomic mass is 19.4. The second-order valence-corrected chi connectivity index (χ2v) is 8.12. The molecule has 2 atom stereocenters. The van der Waals surface area contributed by atoms with E-state index in [9.17, 15) is 22.4 Å². The third-order valence-electron chi connectivity index (χ3n) is 5.84. The molecule has 0 bridgehead atoms. The Morgan fingerprint density at radius 1 is 1.15 bits per heavy atom. The average Bonchev–Trinajstić information content (AvgIpc) is 2.83. The zero-order valence-corrected chi connectivity index (χ0v) is 18.3. The van der Waals surface area contributed by atoms with Crippen molar-refractivity contribution in [3.63, 3.8) is 0 Å². The molecule has 1 saturated heterocycles. The molecule has 1 amide bonds. The highest BCUT2D eigenvalue weighted by molar-refractivity contribution is 6.00. The number of amides is 1. The smallest absolute Gasteiger partial charge is 0.352 e. The molecule has 1 aliphatic rings. The van der Waals surface area contributed by atoms with E-state index in [-0.39, 0.29) is 41.7 Å². The molecule has 1 N–H and O–H groups in total. The van der Waals surface area contributed by atoms with Crippen molar-refractivity contribution in [2.75, 3.05) is 18.4 Å². The largest absolute Gasteiger partial charge is 0.419 e. The zero-order valence-electron chi connectivity index (χ0n) is 18.3. The van der Waals surface area contributed by atoms with Crippen LogP contribution in [0.2, 0.25) is 0 Å². The lowest BCUT2D eigenvalue weighted by Gasteiger charge is -2.40. The summed E-state index contributed by atoms with van der Waals surface area (Å²) in [5, 5.41) is 2.95. The van der Waals surface area contributed by atoms with Crippen LogP contribution in [0, 0.1) is 11.7 Å². The van der Waals surface area contributed by atoms with Gasteiger partial charge in [-0.2, -0.15) is 13.2 Å². The molecule has 2 aromatic heterocycles. The summed E-state index contributed by atoms with van der Waals surface area (Å²) in [6, 6.07) is 5.23. The van der Waals surface area contributed by atoms with Gasteiger partial charge in [0.1, 0.15) is 5.82 Å². The minimum atomic E-state index is -4.52. The standard InChI is InChI=1S/C23H22F4N6O/c1-14-4-2-9-33(19(14)13-32-22-30-11-15(12-31-22)23(25,26)27)21(34)17-6-5-16(24)10-18(17)20-28-7-3-8-29-20/h3,5-8,10-12,14,19H,2,4,9,13H2,1H3,(H,30,31,32). The van der Waals surface area contributed by atoms with Crippen LogP contribution < -0.4 is 5.32 Å². The van der Waals surface area contributed by atoms with Crippen molar-refractivity contribution < 1.29 is 22.4 Å². The van der Waals surface area contributed by atoms with Crippen LogP contribution in [-0.2, 0) is 6.18 Å². The van der Waals surface area contributed by atoms with Crippen LogP contribution in [0.3, 0.4) is 0 Å². The van der Waals surface area contributed by atoms with Crippen LogP contribution in [0.25, 0.3) is 11.4 Å². The molecule has 0 saturated carbocycles. The van der Waals surface area contributed by atoms with Gasteiger partial charge in [-0.05, 0) is 43.0 Å². The lowest BCUT2D eigenvalue weighted by atomic mass is 9.89. The Balaban J connectivity index is 1.56. The normalized spacial score (nSPS) is 18.6. The summed E-state index contributed by atoms with van der Waals surface area (Å²) in [5.41, 5.74) is -0.369. The van der Waals surface area contributed by atoms with Crippen LogP contribution in [0.1, 0.15) is 35.7 Å². The molecule has 0 aliphatic carbocycles. The maximum atomic E-state index is 14.0. The molecule has 0 radical (unpaired) electrons. The van der Waals surface area contributed by atoms with E-state index in [1.807, 2.05) is 6.92 Å². The Morgan fingerprint density at radius 2 is 1.85 bits per heavy atom. The summed E-state index contributed by atoms with van der Waals surface area (Å²) in [7, 11) is 0. The number of carbonyl (C=O) groups excluding carboxylic acids is 1. The van der Waals surface area contributed by atoms with Gasteiger partial charge in [-0.25, -0.2) is 24.3 Å². The second-order valence-electron chi connectivity index (χ2n) is 8.12. The van der Waals surface area contributed by atoms with Gasteiger partial charge in [-0.15, -0.1) is 0 Å². The topological polar surface area (TPSA) is 83.9 Å². The van der Waals surface area contributed by atoms with Gasteiger partial charge in [-0.3, -0.25) is 4.79 Å². The van der Waals surface area contributed by atoms with Crippen molar-refractivity contribution in [2.45, 2.75) is 32.0 Å². The monoisotopic (exact) mass is 474 g/mol. The van der Waals surface area contributed by atoms with Crippen molar-refractivity contribution in [3.8, 4) is 11.4 Å². The van der Waals surface area contributed by atoms with Gasteiger partial charge in [0.2, 0.25) is 5.95 Å². The van der Waals surface area contributed by atoms with Gasteiger partial charge in [0.05, 0.1) is 17.2 Å². The maximum absolute atomic E-state index is 14.0. The molecule has 1 aromatic carbocycles. The highest BCUT2D eigenvalue weighted by Crippen LogP contribution is 2.30. The van der Waals surface area contributed by atoms with Crippen LogP contribution >= 0.6 is 0 Å². The lowest BCUT2D eigenvalue weighted by Crippen LogP contribution is -2.51. The predicted octanol–water partition coefficient (Wildman–Crippen LogP) is 4.44. The van der Waals surface area contributed by atoms with Crippen molar-refractivity contribution in [1.82, 2.24) is 24.8 Å². The molecular formula is C23H22F4N6O. The molecule has 34 heavy (non-hydrogen) atoms. The van der Waals surface area contributed by atoms with Gasteiger partial charge in [0.25, 0.3) is 5.91 Å². The summed E-state index contributed by atoms with van der Waals surface area (Å²) >= 11 is 0. The molecular weight excluding hydrogens is 452 g/mol. The molecule has 11 heteroatoms. The van der Waals surface area contributed by atoms with Crippen LogP contribution in [-0.4, -0.2) is 49.9 Å². The Labute approximate surface area is 193 Å². The van der Waals surface area contributed by atoms with Gasteiger partial charge < -0.3 is 10.2 Å². The molecule has 3 heterocycles. The fourth-order valence-corrected chi connectivity index (χ4v) is 4.05. The van der Waals surface area contributed by atoms with E-state index in [1.54, 1.807) is 11.0 Å². The number of likely N-dealkylation sites (tertiary alicyclic amines) is 1. The summed E-state index contributed by atoms with van der Waals surface area (Å²) in [4.78, 5) is 31.1. The SMILES string of the molecule is CC1CCCN(C(=O)c2ccc(F)cc2-c2ncccn2)C1CNc1ncc(C(F)(F)F)cn1. The number of halogens is 4. The number of anilines is 1. The quantitative estimate of drug-likeness (QED) is 0.551. The fraction of sp³-hybridized carbons (Fsp3) is 0.348. The van der Waals surface area contributed by atoms with Gasteiger partial charge in [0, 0.05) is 43.4 Å². The van der Waals surface area contributed by atoms with E-state index in [0.29, 0.717) is 24.5 Å². The lowest BCUT2D eigenvalue weighted by molar-refractivity contribution is -0.138. The van der Waals surface area contributed by atoms with E-state index in [0.717, 1.165) is 12.8 Å². The zero-order chi connectivity index (χ0) is 24.3. The molecule has 2 unspecified atom stereocenters. The third-order valence-corrected chi connectivity index (χ3v) is 5.84. The number of hydrogen-bond donors (Lipinski definition) is 1. The Hall–Kier alpha value is -3.63. The Bertz CT molecular complexity index is 1140. The number of nitrogens with one attached hydrogen (secondary N) is 1. The first-order valence-corrected chi connectivity index (χ1v) is 10.7. The first-order chi connectivity index (χ1) is 16.2. The molecule has 1 aliphatic heterocycles. The number of nitrogens with zero attached hydrogens (tertiary/aromatic N) is 5. The minimum absolute atomic E-state index is 0.0401. The van der Waals surface area contributed by atoms with E-state index < -0.39 is 17.6 Å². The third kappa shape index (κ3) is 5.13. The van der Waals surface area contributed by atoms with E-state index in [2.05, 4.69) is 25.3 Å². The van der Waals surface area contributed by atoms with Crippen LogP contribution in [0.4, 0.5) is 23.5 Å². The van der Waals surface area contributed by atoms with Crippen molar-refractivity contribution in [1.29, 1.82) is 0 Å². The van der Waals surface area contributed by atoms with Crippen LogP contribution in [0.5, 0.6) is 0 Å². The minimum Gasteiger partial charge on any atom is -0.352 e. The summed E-state index contributed by atoms with van der Waals surface area (Å²) in [5.74, 6) is -0.420. The van der Waals surface area contributed by atoms with Gasteiger partial charge in [-0.1, -0.05) is 6.92 Å². The van der Waals surface area contributed by atoms with E-state index in [4.69, 9.17) is 0 Å². The number of carbonyl (C=O) groups is 1. The first-order valence-electron chi connectivity index (χ1n) is 10.7. The average molecular weight is 474 g/mol. The first kappa shape index (κ1) is 23.5.